The second kappa shape index (κ2) is 6.32. The van der Waals surface area contributed by atoms with Crippen LogP contribution in [0, 0.1) is 6.92 Å². The lowest BCUT2D eigenvalue weighted by molar-refractivity contribution is 0.0529. The SMILES string of the molecule is Cc1cccc2cc(/C=N\NC(=O)OC(C)(C)C)c(Cl)nc12. The largest absolute Gasteiger partial charge is 0.443 e. The summed E-state index contributed by atoms with van der Waals surface area (Å²) in [7, 11) is 0. The van der Waals surface area contributed by atoms with E-state index in [1.54, 1.807) is 20.8 Å². The molecule has 6 heteroatoms. The number of aryl methyl sites for hydroxylation is 1. The summed E-state index contributed by atoms with van der Waals surface area (Å²) in [5, 5.41) is 5.13. The van der Waals surface area contributed by atoms with Crippen molar-refractivity contribution in [1.29, 1.82) is 0 Å². The van der Waals surface area contributed by atoms with E-state index < -0.39 is 11.7 Å². The van der Waals surface area contributed by atoms with Crippen LogP contribution in [0.3, 0.4) is 0 Å². The summed E-state index contributed by atoms with van der Waals surface area (Å²) in [6.07, 6.45) is 0.825. The number of ether oxygens (including phenoxy) is 1. The van der Waals surface area contributed by atoms with Gasteiger partial charge in [-0.15, -0.1) is 0 Å². The first-order valence-electron chi connectivity index (χ1n) is 6.84. The van der Waals surface area contributed by atoms with E-state index in [0.29, 0.717) is 10.7 Å². The fraction of sp³-hybridized carbons (Fsp3) is 0.312. The fourth-order valence-corrected chi connectivity index (χ4v) is 2.07. The molecule has 0 atom stereocenters. The first-order valence-corrected chi connectivity index (χ1v) is 7.22. The second-order valence-corrected chi connectivity index (χ2v) is 6.24. The predicted octanol–water partition coefficient (Wildman–Crippen LogP) is 4.06. The molecule has 0 radical (unpaired) electrons. The van der Waals surface area contributed by atoms with Crippen LogP contribution in [0.2, 0.25) is 5.15 Å². The monoisotopic (exact) mass is 319 g/mol. The van der Waals surface area contributed by atoms with Crippen molar-refractivity contribution in [3.05, 3.63) is 40.5 Å². The Morgan fingerprint density at radius 3 is 2.82 bits per heavy atom. The topological polar surface area (TPSA) is 63.6 Å². The third-order valence-electron chi connectivity index (χ3n) is 2.79. The smallest absolute Gasteiger partial charge is 0.428 e. The Morgan fingerprint density at radius 2 is 2.14 bits per heavy atom. The first-order chi connectivity index (χ1) is 10.3. The molecule has 2 aromatic rings. The van der Waals surface area contributed by atoms with Gasteiger partial charge in [-0.05, 0) is 39.3 Å². The van der Waals surface area contributed by atoms with Gasteiger partial charge in [-0.1, -0.05) is 29.8 Å². The zero-order chi connectivity index (χ0) is 16.3. The molecule has 116 valence electrons. The normalized spacial score (nSPS) is 11.9. The minimum Gasteiger partial charge on any atom is -0.443 e. The summed E-state index contributed by atoms with van der Waals surface area (Å²) in [6, 6.07) is 7.75. The Balaban J connectivity index is 2.16. The molecule has 0 spiro atoms. The maximum atomic E-state index is 11.5. The van der Waals surface area contributed by atoms with Gasteiger partial charge in [0.2, 0.25) is 0 Å². The van der Waals surface area contributed by atoms with E-state index in [1.807, 2.05) is 31.2 Å². The van der Waals surface area contributed by atoms with Crippen molar-refractivity contribution in [2.45, 2.75) is 33.3 Å². The molecule has 22 heavy (non-hydrogen) atoms. The number of nitrogens with one attached hydrogen (secondary N) is 1. The van der Waals surface area contributed by atoms with Crippen LogP contribution in [0.25, 0.3) is 10.9 Å². The van der Waals surface area contributed by atoms with Crippen LogP contribution in [0.4, 0.5) is 4.79 Å². The average Bonchev–Trinajstić information content (AvgIpc) is 2.38. The van der Waals surface area contributed by atoms with Crippen molar-refractivity contribution < 1.29 is 9.53 Å². The summed E-state index contributed by atoms with van der Waals surface area (Å²) < 4.78 is 5.08. The molecule has 0 saturated heterocycles. The number of hydrogen-bond donors (Lipinski definition) is 1. The summed E-state index contributed by atoms with van der Waals surface area (Å²) in [5.41, 5.74) is 4.25. The maximum absolute atomic E-state index is 11.5. The standard InChI is InChI=1S/C16H18ClN3O2/c1-10-6-5-7-11-8-12(14(17)19-13(10)11)9-18-20-15(21)22-16(2,3)4/h5-9H,1-4H3,(H,20,21)/b18-9-. The van der Waals surface area contributed by atoms with Crippen LogP contribution in [0.5, 0.6) is 0 Å². The van der Waals surface area contributed by atoms with Gasteiger partial charge in [-0.25, -0.2) is 15.2 Å². The average molecular weight is 320 g/mol. The van der Waals surface area contributed by atoms with Crippen LogP contribution in [0.1, 0.15) is 31.9 Å². The number of halogens is 1. The van der Waals surface area contributed by atoms with Gasteiger partial charge in [-0.2, -0.15) is 5.10 Å². The van der Waals surface area contributed by atoms with Crippen molar-refractivity contribution in [1.82, 2.24) is 10.4 Å². The fourth-order valence-electron chi connectivity index (χ4n) is 1.89. The first kappa shape index (κ1) is 16.2. The number of hydrogen-bond acceptors (Lipinski definition) is 4. The number of benzene rings is 1. The number of amides is 1. The highest BCUT2D eigenvalue weighted by molar-refractivity contribution is 6.32. The quantitative estimate of drug-likeness (QED) is 0.516. The van der Waals surface area contributed by atoms with Crippen LogP contribution < -0.4 is 5.43 Å². The molecule has 1 amide bonds. The van der Waals surface area contributed by atoms with Gasteiger partial charge in [0.1, 0.15) is 10.8 Å². The zero-order valence-corrected chi connectivity index (χ0v) is 13.7. The Kier molecular flexibility index (Phi) is 4.66. The summed E-state index contributed by atoms with van der Waals surface area (Å²) in [4.78, 5) is 15.9. The van der Waals surface area contributed by atoms with Gasteiger partial charge in [0.15, 0.2) is 0 Å². The molecule has 0 aliphatic heterocycles. The molecule has 1 aromatic heterocycles. The molecule has 0 aliphatic rings. The number of fused-ring (bicyclic) bond motifs is 1. The van der Waals surface area contributed by atoms with Crippen LogP contribution >= 0.6 is 11.6 Å². The van der Waals surface area contributed by atoms with Gasteiger partial charge < -0.3 is 4.74 Å². The number of hydrazone groups is 1. The van der Waals surface area contributed by atoms with E-state index in [9.17, 15) is 4.79 Å². The third kappa shape index (κ3) is 4.18. The molecule has 0 fully saturated rings. The van der Waals surface area contributed by atoms with Crippen LogP contribution in [-0.4, -0.2) is 22.9 Å². The molecule has 0 saturated carbocycles. The minimum absolute atomic E-state index is 0.330. The van der Waals surface area contributed by atoms with E-state index in [1.165, 1.54) is 6.21 Å². The third-order valence-corrected chi connectivity index (χ3v) is 3.09. The Morgan fingerprint density at radius 1 is 1.41 bits per heavy atom. The number of rotatable bonds is 2. The number of para-hydroxylation sites is 1. The van der Waals surface area contributed by atoms with E-state index in [0.717, 1.165) is 16.5 Å². The predicted molar refractivity (Wildman–Crippen MR) is 88.5 cm³/mol. The lowest BCUT2D eigenvalue weighted by atomic mass is 10.1. The lowest BCUT2D eigenvalue weighted by Crippen LogP contribution is -2.29. The molecule has 5 nitrogen and oxygen atoms in total. The van der Waals surface area contributed by atoms with E-state index in [2.05, 4.69) is 15.5 Å². The highest BCUT2D eigenvalue weighted by atomic mass is 35.5. The van der Waals surface area contributed by atoms with E-state index in [4.69, 9.17) is 16.3 Å². The lowest BCUT2D eigenvalue weighted by Gasteiger charge is -2.18. The second-order valence-electron chi connectivity index (χ2n) is 5.89. The molecule has 1 heterocycles. The minimum atomic E-state index is -0.621. The van der Waals surface area contributed by atoms with Crippen LogP contribution in [-0.2, 0) is 4.74 Å². The number of carbonyl (C=O) groups is 1. The molecule has 0 aliphatic carbocycles. The van der Waals surface area contributed by atoms with E-state index >= 15 is 0 Å². The van der Waals surface area contributed by atoms with Gasteiger partial charge in [0.05, 0.1) is 11.7 Å². The molecule has 1 N–H and O–H groups in total. The van der Waals surface area contributed by atoms with Crippen molar-refractivity contribution in [3.63, 3.8) is 0 Å². The Labute approximate surface area is 134 Å². The summed E-state index contributed by atoms with van der Waals surface area (Å²) in [6.45, 7) is 7.32. The van der Waals surface area contributed by atoms with Gasteiger partial charge in [0.25, 0.3) is 0 Å². The van der Waals surface area contributed by atoms with Gasteiger partial charge in [-0.3, -0.25) is 0 Å². The number of nitrogens with zero attached hydrogens (tertiary/aromatic N) is 2. The molecule has 1 aromatic carbocycles. The van der Waals surface area contributed by atoms with Crippen molar-refractivity contribution in [3.8, 4) is 0 Å². The molecular weight excluding hydrogens is 302 g/mol. The van der Waals surface area contributed by atoms with Crippen LogP contribution in [0.15, 0.2) is 29.4 Å². The molecular formula is C16H18ClN3O2. The zero-order valence-electron chi connectivity index (χ0n) is 13.0. The highest BCUT2D eigenvalue weighted by Gasteiger charge is 2.15. The van der Waals surface area contributed by atoms with Crippen molar-refractivity contribution >= 4 is 34.8 Å². The Hall–Kier alpha value is -2.14. The Bertz CT molecular complexity index is 736. The van der Waals surface area contributed by atoms with Crippen molar-refractivity contribution in [2.75, 3.05) is 0 Å². The summed E-state index contributed by atoms with van der Waals surface area (Å²) >= 11 is 6.15. The number of aromatic nitrogens is 1. The van der Waals surface area contributed by atoms with Crippen molar-refractivity contribution in [2.24, 2.45) is 5.10 Å². The molecule has 0 unspecified atom stereocenters. The van der Waals surface area contributed by atoms with Gasteiger partial charge >= 0.3 is 6.09 Å². The van der Waals surface area contributed by atoms with Gasteiger partial charge in [0, 0.05) is 10.9 Å². The van der Waals surface area contributed by atoms with E-state index in [-0.39, 0.29) is 0 Å². The molecule has 0 bridgehead atoms. The summed E-state index contributed by atoms with van der Waals surface area (Å²) in [5.74, 6) is 0. The number of carbonyl (C=O) groups excluding carboxylic acids is 1. The molecule has 2 rings (SSSR count). The maximum Gasteiger partial charge on any atom is 0.428 e. The number of pyridine rings is 1. The highest BCUT2D eigenvalue weighted by Crippen LogP contribution is 2.21.